The number of allylic oxidation sites excluding steroid dienone is 2. The van der Waals surface area contributed by atoms with Crippen LogP contribution < -0.4 is 5.32 Å². The zero-order valence-corrected chi connectivity index (χ0v) is 23.0. The van der Waals surface area contributed by atoms with Gasteiger partial charge >= 0.3 is 31.1 Å². The van der Waals surface area contributed by atoms with Gasteiger partial charge in [0.25, 0.3) is 0 Å². The van der Waals surface area contributed by atoms with Gasteiger partial charge in [-0.2, -0.15) is 6.42 Å². The number of thioether (sulfide) groups is 1. The SMILES string of the molecule is C=C(S/C(=C\C)OC(C)C)c1[c-]c(CC[CH2-])c(CO)c(CNC=O)c1.C=CC.[U+2]. The van der Waals surface area contributed by atoms with E-state index < -0.39 is 0 Å². The molecule has 0 fully saturated rings. The zero-order chi connectivity index (χ0) is 21.5. The second kappa shape index (κ2) is 17.9. The minimum atomic E-state index is -0.0990. The van der Waals surface area contributed by atoms with Gasteiger partial charge in [0.05, 0.1) is 6.10 Å². The summed E-state index contributed by atoms with van der Waals surface area (Å²) in [6.07, 6.45) is 5.79. The van der Waals surface area contributed by atoms with Crippen LogP contribution in [0.25, 0.3) is 4.91 Å². The molecule has 4 nitrogen and oxygen atoms in total. The molecule has 0 spiro atoms. The fourth-order valence-electron chi connectivity index (χ4n) is 2.34. The molecule has 6 heteroatoms. The van der Waals surface area contributed by atoms with E-state index in [9.17, 15) is 9.90 Å². The van der Waals surface area contributed by atoms with Crippen molar-refractivity contribution in [3.63, 3.8) is 0 Å². The van der Waals surface area contributed by atoms with Crippen molar-refractivity contribution in [2.75, 3.05) is 0 Å². The summed E-state index contributed by atoms with van der Waals surface area (Å²) in [5, 5.41) is 13.2. The van der Waals surface area contributed by atoms with Crippen molar-refractivity contribution in [1.29, 1.82) is 0 Å². The van der Waals surface area contributed by atoms with Crippen LogP contribution in [0.4, 0.5) is 0 Å². The van der Waals surface area contributed by atoms with Crippen molar-refractivity contribution in [2.45, 2.75) is 59.8 Å². The van der Waals surface area contributed by atoms with Crippen molar-refractivity contribution in [3.8, 4) is 0 Å². The van der Waals surface area contributed by atoms with Crippen molar-refractivity contribution in [2.24, 2.45) is 0 Å². The molecule has 0 bridgehead atoms. The fourth-order valence-corrected chi connectivity index (χ4v) is 3.16. The number of aryl methyl sites for hydroxylation is 1. The maximum Gasteiger partial charge on any atom is 2.00 e. The van der Waals surface area contributed by atoms with E-state index in [1.807, 2.05) is 39.8 Å². The standard InChI is InChI=1S/C20H27NO3S.C3H6.U/c1-6-8-16-9-17(10-18(11-21-13-23)19(16)12-22)15(5)25-20(7-2)24-14(3)4;1-3-2;/h7,10,13-14,22H,1,5-6,8,11-12H2,2-4H3,(H,21,23);3H,1H2,2H3;/q-2;;+2/b20-7-;;. The third-order valence-corrected chi connectivity index (χ3v) is 4.43. The van der Waals surface area contributed by atoms with E-state index in [2.05, 4.69) is 31.5 Å². The molecule has 1 amide bonds. The van der Waals surface area contributed by atoms with Gasteiger partial charge in [-0.1, -0.05) is 23.0 Å². The van der Waals surface area contributed by atoms with Crippen LogP contribution in [0.3, 0.4) is 0 Å². The topological polar surface area (TPSA) is 58.6 Å². The number of hydrogen-bond donors (Lipinski definition) is 2. The number of ether oxygens (including phenoxy) is 1. The molecule has 29 heavy (non-hydrogen) atoms. The Hall–Kier alpha value is -0.928. The Morgan fingerprint density at radius 3 is 2.52 bits per heavy atom. The van der Waals surface area contributed by atoms with Crippen molar-refractivity contribution in [3.05, 3.63) is 71.7 Å². The summed E-state index contributed by atoms with van der Waals surface area (Å²) < 4.78 is 5.75. The Bertz CT molecular complexity index is 672. The summed E-state index contributed by atoms with van der Waals surface area (Å²) in [5.41, 5.74) is 3.40. The summed E-state index contributed by atoms with van der Waals surface area (Å²) in [6, 6.07) is 5.25. The third kappa shape index (κ3) is 11.7. The van der Waals surface area contributed by atoms with E-state index in [1.54, 1.807) is 6.08 Å². The first-order chi connectivity index (χ1) is 13.4. The second-order valence-electron chi connectivity index (χ2n) is 6.13. The molecule has 0 radical (unpaired) electrons. The van der Waals surface area contributed by atoms with Crippen LogP contribution >= 0.6 is 11.8 Å². The number of amides is 1. The molecule has 0 aliphatic carbocycles. The predicted molar refractivity (Wildman–Crippen MR) is 120 cm³/mol. The number of carbonyl (C=O) groups is 1. The molecule has 158 valence electrons. The van der Waals surface area contributed by atoms with Crippen LogP contribution in [0, 0.1) is 44.1 Å². The van der Waals surface area contributed by atoms with Gasteiger partial charge in [-0.25, -0.2) is 0 Å². The first-order valence-corrected chi connectivity index (χ1v) is 10.1. The van der Waals surface area contributed by atoms with Crippen LogP contribution in [0.1, 0.15) is 56.4 Å². The van der Waals surface area contributed by atoms with E-state index in [0.717, 1.165) is 32.3 Å². The second-order valence-corrected chi connectivity index (χ2v) is 7.23. The van der Waals surface area contributed by atoms with E-state index in [-0.39, 0.29) is 43.8 Å². The average Bonchev–Trinajstić information content (AvgIpc) is 2.65. The quantitative estimate of drug-likeness (QED) is 0.152. The largest absolute Gasteiger partial charge is 2.00 e. The normalized spacial score (nSPS) is 10.4. The molecule has 0 aliphatic rings. The number of hydrogen-bond acceptors (Lipinski definition) is 4. The third-order valence-electron chi connectivity index (χ3n) is 3.43. The molecule has 0 saturated carbocycles. The van der Waals surface area contributed by atoms with E-state index in [0.29, 0.717) is 25.8 Å². The summed E-state index contributed by atoms with van der Waals surface area (Å²) in [6.45, 7) is 19.4. The van der Waals surface area contributed by atoms with Gasteiger partial charge in [0, 0.05) is 13.2 Å². The molecular weight excluding hydrogens is 608 g/mol. The van der Waals surface area contributed by atoms with Crippen LogP contribution in [-0.4, -0.2) is 17.6 Å². The summed E-state index contributed by atoms with van der Waals surface area (Å²) in [5.74, 6) is 0. The predicted octanol–water partition coefficient (Wildman–Crippen LogP) is 5.17. The Labute approximate surface area is 204 Å². The number of benzene rings is 1. The van der Waals surface area contributed by atoms with Gasteiger partial charge in [-0.15, -0.1) is 53.7 Å². The molecule has 0 saturated heterocycles. The number of aliphatic hydroxyl groups excluding tert-OH is 1. The van der Waals surface area contributed by atoms with Crippen LogP contribution in [0.5, 0.6) is 0 Å². The molecule has 1 rings (SSSR count). The molecule has 0 aliphatic heterocycles. The Balaban J connectivity index is 0. The number of rotatable bonds is 11. The number of carbonyl (C=O) groups excluding carboxylic acids is 1. The molecule has 0 heterocycles. The van der Waals surface area contributed by atoms with Gasteiger partial charge in [-0.3, -0.25) is 4.79 Å². The zero-order valence-electron chi connectivity index (χ0n) is 18.0. The van der Waals surface area contributed by atoms with E-state index in [4.69, 9.17) is 4.74 Å². The van der Waals surface area contributed by atoms with E-state index >= 15 is 0 Å². The minimum Gasteiger partial charge on any atom is -0.486 e. The number of aliphatic hydroxyl groups is 1. The minimum absolute atomic E-state index is 0. The van der Waals surface area contributed by atoms with Gasteiger partial charge in [0.1, 0.15) is 5.09 Å². The first kappa shape index (κ1) is 30.3. The maximum absolute atomic E-state index is 10.7. The summed E-state index contributed by atoms with van der Waals surface area (Å²) >= 11 is 1.44. The molecular formula is C23H33NO3SU. The molecule has 0 atom stereocenters. The molecule has 1 aromatic rings. The monoisotopic (exact) mass is 641 g/mol. The van der Waals surface area contributed by atoms with Gasteiger partial charge in [0.2, 0.25) is 6.41 Å². The fraction of sp³-hybridized carbons (Fsp3) is 0.391. The van der Waals surface area contributed by atoms with Crippen molar-refractivity contribution in [1.82, 2.24) is 5.32 Å². The molecule has 0 unspecified atom stereocenters. The molecule has 2 N–H and O–H groups in total. The Morgan fingerprint density at radius 1 is 1.45 bits per heavy atom. The van der Waals surface area contributed by atoms with Crippen LogP contribution in [0.2, 0.25) is 0 Å². The van der Waals surface area contributed by atoms with Gasteiger partial charge in [-0.05, 0) is 33.8 Å². The maximum atomic E-state index is 10.7. The smallest absolute Gasteiger partial charge is 0.486 e. The van der Waals surface area contributed by atoms with Crippen molar-refractivity contribution < 1.29 is 45.8 Å². The first-order valence-electron chi connectivity index (χ1n) is 9.29. The molecule has 1 aromatic carbocycles. The van der Waals surface area contributed by atoms with Gasteiger partial charge in [0.15, 0.2) is 0 Å². The van der Waals surface area contributed by atoms with Crippen LogP contribution in [0.15, 0.2) is 36.5 Å². The summed E-state index contributed by atoms with van der Waals surface area (Å²) in [4.78, 5) is 11.5. The molecule has 0 aromatic heterocycles. The van der Waals surface area contributed by atoms with Crippen molar-refractivity contribution >= 4 is 23.1 Å². The number of nitrogens with one attached hydrogen (secondary N) is 1. The summed E-state index contributed by atoms with van der Waals surface area (Å²) in [7, 11) is 0. The van der Waals surface area contributed by atoms with Crippen LogP contribution in [-0.2, 0) is 29.1 Å². The van der Waals surface area contributed by atoms with Gasteiger partial charge < -0.3 is 22.1 Å². The average molecular weight is 642 g/mol. The Kier molecular flexibility index (Phi) is 18.7. The van der Waals surface area contributed by atoms with E-state index in [1.165, 1.54) is 11.8 Å². The Morgan fingerprint density at radius 2 is 2.07 bits per heavy atom.